The van der Waals surface area contributed by atoms with Gasteiger partial charge in [0.25, 0.3) is 0 Å². The zero-order valence-electron chi connectivity index (χ0n) is 16.6. The van der Waals surface area contributed by atoms with Crippen LogP contribution >= 0.6 is 0 Å². The number of cyclic esters (lactones) is 1. The molecule has 2 fully saturated rings. The quantitative estimate of drug-likeness (QED) is 0.543. The molecule has 2 saturated carbocycles. The van der Waals surface area contributed by atoms with Crippen LogP contribution in [0.25, 0.3) is 0 Å². The van der Waals surface area contributed by atoms with Crippen LogP contribution in [0.15, 0.2) is 23.8 Å². The fourth-order valence-corrected chi connectivity index (χ4v) is 6.12. The van der Waals surface area contributed by atoms with Crippen molar-refractivity contribution >= 4 is 11.9 Å². The van der Waals surface area contributed by atoms with Gasteiger partial charge in [-0.05, 0) is 48.5 Å². The average molecular weight is 360 g/mol. The molecule has 4 atom stereocenters. The largest absolute Gasteiger partial charge is 0.462 e. The number of hydrogen-bond donors (Lipinski definition) is 0. The number of ether oxygens (including phenoxy) is 2. The van der Waals surface area contributed by atoms with Crippen molar-refractivity contribution in [3.8, 4) is 0 Å². The third-order valence-corrected chi connectivity index (χ3v) is 7.10. The fraction of sp³-hybridized carbons (Fsp3) is 0.727. The molecule has 3 rings (SSSR count). The van der Waals surface area contributed by atoms with Crippen molar-refractivity contribution in [3.05, 3.63) is 23.8 Å². The summed E-state index contributed by atoms with van der Waals surface area (Å²) in [6.45, 7) is 13.2. The van der Waals surface area contributed by atoms with Gasteiger partial charge in [0.05, 0.1) is 0 Å². The molecule has 4 nitrogen and oxygen atoms in total. The molecule has 26 heavy (non-hydrogen) atoms. The van der Waals surface area contributed by atoms with Crippen molar-refractivity contribution in [3.63, 3.8) is 0 Å². The molecule has 0 unspecified atom stereocenters. The minimum absolute atomic E-state index is 0.0419. The Balaban J connectivity index is 1.95. The molecule has 3 aliphatic rings. The summed E-state index contributed by atoms with van der Waals surface area (Å²) in [5, 5.41) is 0. The molecule has 4 heteroatoms. The van der Waals surface area contributed by atoms with Crippen LogP contribution in [0.2, 0.25) is 0 Å². The van der Waals surface area contributed by atoms with Crippen molar-refractivity contribution in [1.82, 2.24) is 0 Å². The number of carbonyl (C=O) groups excluding carboxylic acids is 2. The second-order valence-electron chi connectivity index (χ2n) is 9.25. The Hall–Kier alpha value is -1.58. The lowest BCUT2D eigenvalue weighted by Gasteiger charge is -2.59. The van der Waals surface area contributed by atoms with Gasteiger partial charge in [-0.1, -0.05) is 39.3 Å². The molecule has 0 aromatic rings. The zero-order valence-corrected chi connectivity index (χ0v) is 16.6. The van der Waals surface area contributed by atoms with Gasteiger partial charge in [0.1, 0.15) is 12.7 Å². The fourth-order valence-electron chi connectivity index (χ4n) is 6.12. The van der Waals surface area contributed by atoms with Gasteiger partial charge in [0.15, 0.2) is 0 Å². The molecular weight excluding hydrogens is 328 g/mol. The molecule has 0 aromatic carbocycles. The summed E-state index contributed by atoms with van der Waals surface area (Å²) in [5.41, 5.74) is 2.11. The lowest BCUT2D eigenvalue weighted by Crippen LogP contribution is -2.53. The van der Waals surface area contributed by atoms with Crippen molar-refractivity contribution < 1.29 is 19.1 Å². The Kier molecular flexibility index (Phi) is 5.06. The van der Waals surface area contributed by atoms with Crippen LogP contribution in [0.5, 0.6) is 0 Å². The monoisotopic (exact) mass is 360 g/mol. The van der Waals surface area contributed by atoms with Gasteiger partial charge >= 0.3 is 11.9 Å². The lowest BCUT2D eigenvalue weighted by molar-refractivity contribution is -0.157. The number of hydrogen-bond acceptors (Lipinski definition) is 4. The molecule has 2 aliphatic carbocycles. The highest BCUT2D eigenvalue weighted by molar-refractivity contribution is 5.90. The Morgan fingerprint density at radius 1 is 1.38 bits per heavy atom. The Morgan fingerprint density at radius 3 is 2.73 bits per heavy atom. The molecule has 0 bridgehead atoms. The Bertz CT molecular complexity index is 645. The van der Waals surface area contributed by atoms with Gasteiger partial charge in [0.2, 0.25) is 0 Å². The SMILES string of the molecule is C=C1CC[C@H]2C(C)(C)CCC[C@]2(C)[C@H]1[C@@H](CC1=CCOC1=O)OC(C)=O. The first-order valence-electron chi connectivity index (χ1n) is 9.86. The van der Waals surface area contributed by atoms with Crippen LogP contribution in [0, 0.1) is 22.7 Å². The summed E-state index contributed by atoms with van der Waals surface area (Å²) in [4.78, 5) is 23.8. The van der Waals surface area contributed by atoms with Crippen LogP contribution < -0.4 is 0 Å². The van der Waals surface area contributed by atoms with Crippen LogP contribution in [0.3, 0.4) is 0 Å². The first-order valence-corrected chi connectivity index (χ1v) is 9.86. The van der Waals surface area contributed by atoms with E-state index in [9.17, 15) is 9.59 Å². The molecule has 1 aliphatic heterocycles. The first-order chi connectivity index (χ1) is 12.1. The van der Waals surface area contributed by atoms with E-state index in [0.29, 0.717) is 24.5 Å². The minimum Gasteiger partial charge on any atom is -0.462 e. The van der Waals surface area contributed by atoms with Gasteiger partial charge in [-0.2, -0.15) is 0 Å². The highest BCUT2D eigenvalue weighted by Crippen LogP contribution is 2.62. The second kappa shape index (κ2) is 6.86. The van der Waals surface area contributed by atoms with E-state index in [0.717, 1.165) is 19.3 Å². The molecule has 0 N–H and O–H groups in total. The molecule has 0 spiro atoms. The normalized spacial score (nSPS) is 34.5. The van der Waals surface area contributed by atoms with Crippen molar-refractivity contribution in [2.24, 2.45) is 22.7 Å². The summed E-state index contributed by atoms with van der Waals surface area (Å²) in [6.07, 6.45) is 7.54. The topological polar surface area (TPSA) is 52.6 Å². The molecule has 144 valence electrons. The molecular formula is C22H32O4. The predicted octanol–water partition coefficient (Wildman–Crippen LogP) is 4.59. The maximum Gasteiger partial charge on any atom is 0.334 e. The number of fused-ring (bicyclic) bond motifs is 1. The molecule has 0 saturated heterocycles. The summed E-state index contributed by atoms with van der Waals surface area (Å²) >= 11 is 0. The van der Waals surface area contributed by atoms with E-state index in [1.54, 1.807) is 0 Å². The van der Waals surface area contributed by atoms with Crippen molar-refractivity contribution in [2.75, 3.05) is 6.61 Å². The summed E-state index contributed by atoms with van der Waals surface area (Å²) < 4.78 is 10.9. The Labute approximate surface area is 157 Å². The van der Waals surface area contributed by atoms with Gasteiger partial charge in [-0.25, -0.2) is 4.79 Å². The van der Waals surface area contributed by atoms with Crippen molar-refractivity contribution in [2.45, 2.75) is 72.3 Å². The van der Waals surface area contributed by atoms with Gasteiger partial charge in [0, 0.05) is 24.8 Å². The minimum atomic E-state index is -0.349. The van der Waals surface area contributed by atoms with Gasteiger partial charge in [-0.15, -0.1) is 0 Å². The van der Waals surface area contributed by atoms with Crippen LogP contribution in [0.4, 0.5) is 0 Å². The van der Waals surface area contributed by atoms with E-state index in [1.807, 2.05) is 6.08 Å². The Morgan fingerprint density at radius 2 is 2.12 bits per heavy atom. The van der Waals surface area contributed by atoms with Crippen LogP contribution in [0.1, 0.15) is 66.2 Å². The standard InChI is InChI=1S/C22H32O4/c1-14-7-8-18-21(3,4)10-6-11-22(18,5)19(14)17(26-15(2)23)13-16-9-12-25-20(16)24/h9,17-19H,1,6-8,10-13H2,2-5H3/t17-,18+,19-,22+/m1/s1. The summed E-state index contributed by atoms with van der Waals surface area (Å²) in [7, 11) is 0. The molecule has 0 aromatic heterocycles. The summed E-state index contributed by atoms with van der Waals surface area (Å²) in [6, 6.07) is 0. The number of esters is 2. The lowest BCUT2D eigenvalue weighted by atomic mass is 9.46. The van der Waals surface area contributed by atoms with E-state index in [1.165, 1.54) is 25.3 Å². The van der Waals surface area contributed by atoms with E-state index in [-0.39, 0.29) is 34.8 Å². The van der Waals surface area contributed by atoms with Crippen LogP contribution in [-0.4, -0.2) is 24.6 Å². The maximum atomic E-state index is 12.0. The number of carbonyl (C=O) groups is 2. The van der Waals surface area contributed by atoms with Gasteiger partial charge < -0.3 is 9.47 Å². The second-order valence-corrected chi connectivity index (χ2v) is 9.25. The third-order valence-electron chi connectivity index (χ3n) is 7.10. The predicted molar refractivity (Wildman–Crippen MR) is 100 cm³/mol. The third kappa shape index (κ3) is 3.35. The van der Waals surface area contributed by atoms with Gasteiger partial charge in [-0.3, -0.25) is 4.79 Å². The maximum absolute atomic E-state index is 12.0. The molecule has 0 amide bonds. The van der Waals surface area contributed by atoms with E-state index in [2.05, 4.69) is 27.4 Å². The van der Waals surface area contributed by atoms with E-state index >= 15 is 0 Å². The average Bonchev–Trinajstić information content (AvgIpc) is 2.90. The molecule has 1 heterocycles. The van der Waals surface area contributed by atoms with E-state index < -0.39 is 0 Å². The highest BCUT2D eigenvalue weighted by atomic mass is 16.5. The van der Waals surface area contributed by atoms with Crippen LogP contribution in [-0.2, 0) is 19.1 Å². The number of rotatable bonds is 4. The summed E-state index contributed by atoms with van der Waals surface area (Å²) in [5.74, 6) is 0.0747. The first kappa shape index (κ1) is 19.2. The highest BCUT2D eigenvalue weighted by Gasteiger charge is 2.55. The smallest absolute Gasteiger partial charge is 0.334 e. The zero-order chi connectivity index (χ0) is 19.1. The van der Waals surface area contributed by atoms with Crippen molar-refractivity contribution in [1.29, 1.82) is 0 Å². The molecule has 0 radical (unpaired) electrons. The van der Waals surface area contributed by atoms with E-state index in [4.69, 9.17) is 9.47 Å².